The summed E-state index contributed by atoms with van der Waals surface area (Å²) in [6, 6.07) is 2.72. The van der Waals surface area contributed by atoms with E-state index in [0.29, 0.717) is 51.7 Å². The number of hydrogen-bond donors (Lipinski definition) is 4. The van der Waals surface area contributed by atoms with Gasteiger partial charge in [-0.05, 0) is 78.0 Å². The molecule has 0 radical (unpaired) electrons. The summed E-state index contributed by atoms with van der Waals surface area (Å²) >= 11 is 2.08. The summed E-state index contributed by atoms with van der Waals surface area (Å²) < 4.78 is 18.4. The van der Waals surface area contributed by atoms with Gasteiger partial charge in [0.25, 0.3) is 0 Å². The van der Waals surface area contributed by atoms with Crippen molar-refractivity contribution >= 4 is 34.4 Å². The van der Waals surface area contributed by atoms with E-state index in [0.717, 1.165) is 38.5 Å². The Hall–Kier alpha value is -1.93. The first-order valence-corrected chi connectivity index (χ1v) is 15.2. The fourth-order valence-corrected chi connectivity index (χ4v) is 6.70. The van der Waals surface area contributed by atoms with E-state index in [1.165, 1.54) is 7.11 Å². The number of rotatable bonds is 12. The highest BCUT2D eigenvalue weighted by molar-refractivity contribution is 14.1. The number of hydrogen-bond acceptors (Lipinski definition) is 8. The van der Waals surface area contributed by atoms with Crippen LogP contribution in [0.25, 0.3) is 0 Å². The second kappa shape index (κ2) is 14.8. The SMILES string of the molecule is COc1cc(CO)cc(I)c1O[C@H]1C=C(C(=O)NCCO)C[C@@H](N(C[C@@H]2CCCO2)C(=O)CC2CCCC2)[C@@H]1O. The Kier molecular flexibility index (Phi) is 11.5. The Bertz CT molecular complexity index is 1050. The predicted octanol–water partition coefficient (Wildman–Crippen LogP) is 2.30. The number of ether oxygens (including phenoxy) is 3. The van der Waals surface area contributed by atoms with Gasteiger partial charge in [-0.1, -0.05) is 12.8 Å². The van der Waals surface area contributed by atoms with Gasteiger partial charge >= 0.3 is 0 Å². The number of carbonyl (C=O) groups excluding carboxylic acids is 2. The second-order valence-corrected chi connectivity index (χ2v) is 12.0. The lowest BCUT2D eigenvalue weighted by molar-refractivity contribution is -0.141. The summed E-state index contributed by atoms with van der Waals surface area (Å²) in [4.78, 5) is 28.6. The molecule has 4 N–H and O–H groups in total. The van der Waals surface area contributed by atoms with Gasteiger partial charge in [-0.15, -0.1) is 0 Å². The summed E-state index contributed by atoms with van der Waals surface area (Å²) in [5.74, 6) is 0.669. The Morgan fingerprint density at radius 2 is 1.95 bits per heavy atom. The number of amides is 2. The van der Waals surface area contributed by atoms with Gasteiger partial charge in [-0.25, -0.2) is 0 Å². The van der Waals surface area contributed by atoms with Gasteiger partial charge in [0.05, 0.1) is 36.0 Å². The molecule has 2 aliphatic carbocycles. The molecule has 10 nitrogen and oxygen atoms in total. The van der Waals surface area contributed by atoms with E-state index >= 15 is 0 Å². The van der Waals surface area contributed by atoms with Crippen LogP contribution >= 0.6 is 22.6 Å². The quantitative estimate of drug-likeness (QED) is 0.249. The molecule has 0 bridgehead atoms. The van der Waals surface area contributed by atoms with Crippen molar-refractivity contribution in [3.63, 3.8) is 0 Å². The molecule has 3 aliphatic rings. The first kappa shape index (κ1) is 31.0. The van der Waals surface area contributed by atoms with E-state index < -0.39 is 18.2 Å². The summed E-state index contributed by atoms with van der Waals surface area (Å²) in [7, 11) is 1.49. The predicted molar refractivity (Wildman–Crippen MR) is 156 cm³/mol. The third-order valence-corrected chi connectivity index (χ3v) is 8.82. The smallest absolute Gasteiger partial charge is 0.247 e. The molecular formula is C29H41IN2O8. The van der Waals surface area contributed by atoms with Crippen LogP contribution in [0.1, 0.15) is 56.9 Å². The standard InChI is InChI=1S/C29H41IN2O8/c1-38-25-12-19(17-34)11-22(30)28(25)40-24-15-20(29(37)31-8-9-33)14-23(27(24)36)32(16-21-7-4-10-39-21)26(35)13-18-5-2-3-6-18/h11-12,15,18,21,23-24,27,33-34,36H,2-10,13-14,16-17H2,1H3,(H,31,37)/t21-,23+,24-,27-/m0/s1. The minimum absolute atomic E-state index is 0.0401. The number of halogens is 1. The summed E-state index contributed by atoms with van der Waals surface area (Å²) in [6.07, 6.45) is 6.00. The van der Waals surface area contributed by atoms with E-state index in [1.54, 1.807) is 23.1 Å². The molecule has 4 atom stereocenters. The monoisotopic (exact) mass is 672 g/mol. The van der Waals surface area contributed by atoms with Crippen LogP contribution in [-0.2, 0) is 20.9 Å². The number of aliphatic hydroxyl groups is 3. The van der Waals surface area contributed by atoms with Gasteiger partial charge in [0.15, 0.2) is 11.5 Å². The molecule has 1 saturated heterocycles. The number of nitrogens with zero attached hydrogens (tertiary/aromatic N) is 1. The molecule has 11 heteroatoms. The van der Waals surface area contributed by atoms with Crippen molar-refractivity contribution in [2.45, 2.75) is 82.3 Å². The largest absolute Gasteiger partial charge is 0.493 e. The minimum Gasteiger partial charge on any atom is -0.493 e. The average molecular weight is 673 g/mol. The molecule has 2 fully saturated rings. The Morgan fingerprint density at radius 3 is 2.60 bits per heavy atom. The lowest BCUT2D eigenvalue weighted by Gasteiger charge is -2.41. The zero-order chi connectivity index (χ0) is 28.6. The van der Waals surface area contributed by atoms with Gasteiger partial charge < -0.3 is 39.7 Å². The molecule has 1 aromatic rings. The van der Waals surface area contributed by atoms with Crippen molar-refractivity contribution in [2.75, 3.05) is 33.4 Å². The molecule has 1 aliphatic heterocycles. The molecular weight excluding hydrogens is 631 g/mol. The fraction of sp³-hybridized carbons (Fsp3) is 0.655. The maximum Gasteiger partial charge on any atom is 0.247 e. The normalized spacial score (nSPS) is 25.0. The van der Waals surface area contributed by atoms with Crippen LogP contribution < -0.4 is 14.8 Å². The van der Waals surface area contributed by atoms with Crippen molar-refractivity contribution in [1.82, 2.24) is 10.2 Å². The number of carbonyl (C=O) groups is 2. The topological polar surface area (TPSA) is 138 Å². The molecule has 222 valence electrons. The van der Waals surface area contributed by atoms with E-state index in [4.69, 9.17) is 14.2 Å². The third-order valence-electron chi connectivity index (χ3n) is 8.02. The lowest BCUT2D eigenvalue weighted by Crippen LogP contribution is -2.56. The zero-order valence-electron chi connectivity index (χ0n) is 23.0. The van der Waals surface area contributed by atoms with Crippen LogP contribution in [0.3, 0.4) is 0 Å². The van der Waals surface area contributed by atoms with E-state index in [1.807, 2.05) is 0 Å². The summed E-state index contributed by atoms with van der Waals surface area (Å²) in [6.45, 7) is 0.700. The van der Waals surface area contributed by atoms with Crippen molar-refractivity contribution in [3.05, 3.63) is 32.9 Å². The fourth-order valence-electron chi connectivity index (χ4n) is 5.90. The lowest BCUT2D eigenvalue weighted by atomic mass is 9.87. The van der Waals surface area contributed by atoms with Crippen LogP contribution in [0.4, 0.5) is 0 Å². The molecule has 0 unspecified atom stereocenters. The molecule has 1 heterocycles. The van der Waals surface area contributed by atoms with Gasteiger partial charge in [0.1, 0.15) is 12.2 Å². The molecule has 4 rings (SSSR count). The van der Waals surface area contributed by atoms with Crippen LogP contribution in [0.15, 0.2) is 23.8 Å². The summed E-state index contributed by atoms with van der Waals surface area (Å²) in [5.41, 5.74) is 1.02. The molecule has 0 spiro atoms. The van der Waals surface area contributed by atoms with Gasteiger partial charge in [-0.3, -0.25) is 9.59 Å². The molecule has 1 aromatic carbocycles. The second-order valence-electron chi connectivity index (χ2n) is 10.8. The average Bonchev–Trinajstić information content (AvgIpc) is 3.67. The van der Waals surface area contributed by atoms with Crippen molar-refractivity contribution in [3.8, 4) is 11.5 Å². The third kappa shape index (κ3) is 7.67. The molecule has 2 amide bonds. The maximum atomic E-state index is 13.8. The number of methoxy groups -OCH3 is 1. The molecule has 1 saturated carbocycles. The van der Waals surface area contributed by atoms with E-state index in [9.17, 15) is 24.9 Å². The first-order chi connectivity index (χ1) is 19.3. The number of aliphatic hydroxyl groups excluding tert-OH is 3. The zero-order valence-corrected chi connectivity index (χ0v) is 25.2. The Balaban J connectivity index is 1.66. The first-order valence-electron chi connectivity index (χ1n) is 14.2. The molecule has 40 heavy (non-hydrogen) atoms. The highest BCUT2D eigenvalue weighted by atomic mass is 127. The maximum absolute atomic E-state index is 13.8. The van der Waals surface area contributed by atoms with Crippen LogP contribution in [0, 0.1) is 9.49 Å². The Labute approximate surface area is 249 Å². The number of benzene rings is 1. The van der Waals surface area contributed by atoms with Gasteiger partial charge in [0, 0.05) is 38.1 Å². The van der Waals surface area contributed by atoms with Crippen LogP contribution in [-0.4, -0.2) is 89.8 Å². The van der Waals surface area contributed by atoms with Gasteiger partial charge in [-0.2, -0.15) is 0 Å². The Morgan fingerprint density at radius 1 is 1.18 bits per heavy atom. The van der Waals surface area contributed by atoms with Crippen molar-refractivity contribution in [1.29, 1.82) is 0 Å². The highest BCUT2D eigenvalue weighted by Gasteiger charge is 2.42. The van der Waals surface area contributed by atoms with E-state index in [-0.39, 0.29) is 44.1 Å². The van der Waals surface area contributed by atoms with Crippen LogP contribution in [0.5, 0.6) is 11.5 Å². The van der Waals surface area contributed by atoms with E-state index in [2.05, 4.69) is 27.9 Å². The van der Waals surface area contributed by atoms with Crippen molar-refractivity contribution in [2.24, 2.45) is 5.92 Å². The highest BCUT2D eigenvalue weighted by Crippen LogP contribution is 2.38. The van der Waals surface area contributed by atoms with Gasteiger partial charge in [0.2, 0.25) is 11.8 Å². The van der Waals surface area contributed by atoms with Crippen LogP contribution in [0.2, 0.25) is 0 Å². The summed E-state index contributed by atoms with van der Waals surface area (Å²) in [5, 5.41) is 33.3. The minimum atomic E-state index is -1.12. The molecule has 0 aromatic heterocycles. The number of nitrogens with one attached hydrogen (secondary N) is 1. The van der Waals surface area contributed by atoms with Crippen molar-refractivity contribution < 1.29 is 39.1 Å².